The van der Waals surface area contributed by atoms with Crippen LogP contribution in [0.3, 0.4) is 0 Å². The molecular formula is C11H12FN3O2. The van der Waals surface area contributed by atoms with E-state index in [0.29, 0.717) is 25.1 Å². The summed E-state index contributed by atoms with van der Waals surface area (Å²) >= 11 is 0. The van der Waals surface area contributed by atoms with Gasteiger partial charge in [-0.3, -0.25) is 9.59 Å². The van der Waals surface area contributed by atoms with Gasteiger partial charge in [-0.1, -0.05) is 0 Å². The second-order valence-electron chi connectivity index (χ2n) is 3.80. The molecule has 0 unspecified atom stereocenters. The number of pyridine rings is 1. The third-order valence-electron chi connectivity index (χ3n) is 2.52. The van der Waals surface area contributed by atoms with Gasteiger partial charge in [0.2, 0.25) is 11.9 Å². The number of halogens is 1. The summed E-state index contributed by atoms with van der Waals surface area (Å²) in [7, 11) is 0. The van der Waals surface area contributed by atoms with Gasteiger partial charge in [0.25, 0.3) is 5.91 Å². The van der Waals surface area contributed by atoms with E-state index in [2.05, 4.69) is 10.3 Å². The number of hydrogen-bond acceptors (Lipinski definition) is 3. The van der Waals surface area contributed by atoms with Crippen LogP contribution in [0.2, 0.25) is 0 Å². The first-order chi connectivity index (χ1) is 8.16. The third-order valence-corrected chi connectivity index (χ3v) is 2.52. The predicted molar refractivity (Wildman–Crippen MR) is 57.7 cm³/mol. The van der Waals surface area contributed by atoms with Crippen LogP contribution in [-0.4, -0.2) is 41.3 Å². The molecule has 0 spiro atoms. The molecule has 5 nitrogen and oxygen atoms in total. The van der Waals surface area contributed by atoms with Gasteiger partial charge in [-0.25, -0.2) is 4.98 Å². The Hall–Kier alpha value is -1.98. The molecule has 17 heavy (non-hydrogen) atoms. The van der Waals surface area contributed by atoms with E-state index in [4.69, 9.17) is 0 Å². The SMILES string of the molecule is O=C1CN(C(=O)c2ccc(F)nc2)CCCN1. The van der Waals surface area contributed by atoms with Crippen molar-refractivity contribution in [1.29, 1.82) is 0 Å². The highest BCUT2D eigenvalue weighted by Crippen LogP contribution is 2.06. The molecule has 90 valence electrons. The van der Waals surface area contributed by atoms with Crippen LogP contribution in [0.15, 0.2) is 18.3 Å². The molecule has 6 heteroatoms. The lowest BCUT2D eigenvalue weighted by atomic mass is 10.2. The van der Waals surface area contributed by atoms with Crippen LogP contribution in [0.5, 0.6) is 0 Å². The van der Waals surface area contributed by atoms with Crippen LogP contribution in [0, 0.1) is 5.95 Å². The van der Waals surface area contributed by atoms with E-state index in [1.807, 2.05) is 0 Å². The molecular weight excluding hydrogens is 225 g/mol. The van der Waals surface area contributed by atoms with Crippen LogP contribution < -0.4 is 5.32 Å². The fraction of sp³-hybridized carbons (Fsp3) is 0.364. The first kappa shape index (κ1) is 11.5. The molecule has 1 aliphatic heterocycles. The summed E-state index contributed by atoms with van der Waals surface area (Å²) in [6.45, 7) is 1.12. The lowest BCUT2D eigenvalue weighted by Gasteiger charge is -2.18. The molecule has 2 rings (SSSR count). The smallest absolute Gasteiger partial charge is 0.255 e. The zero-order valence-electron chi connectivity index (χ0n) is 9.15. The van der Waals surface area contributed by atoms with E-state index in [1.54, 1.807) is 0 Å². The van der Waals surface area contributed by atoms with E-state index < -0.39 is 5.95 Å². The monoisotopic (exact) mass is 237 g/mol. The van der Waals surface area contributed by atoms with Crippen LogP contribution in [0.1, 0.15) is 16.8 Å². The number of nitrogens with one attached hydrogen (secondary N) is 1. The molecule has 1 aromatic rings. The van der Waals surface area contributed by atoms with Crippen LogP contribution in [-0.2, 0) is 4.79 Å². The number of nitrogens with zero attached hydrogens (tertiary/aromatic N) is 2. The summed E-state index contributed by atoms with van der Waals surface area (Å²) in [6.07, 6.45) is 1.90. The van der Waals surface area contributed by atoms with E-state index in [0.717, 1.165) is 6.07 Å². The van der Waals surface area contributed by atoms with Crippen molar-refractivity contribution in [3.8, 4) is 0 Å². The van der Waals surface area contributed by atoms with Crippen LogP contribution in [0.4, 0.5) is 4.39 Å². The van der Waals surface area contributed by atoms with Crippen molar-refractivity contribution in [3.63, 3.8) is 0 Å². The van der Waals surface area contributed by atoms with E-state index in [-0.39, 0.29) is 18.4 Å². The lowest BCUT2D eigenvalue weighted by molar-refractivity contribution is -0.121. The summed E-state index contributed by atoms with van der Waals surface area (Å²) in [5.74, 6) is -1.10. The standard InChI is InChI=1S/C11H12FN3O2/c12-9-3-2-8(6-14-9)11(17)15-5-1-4-13-10(16)7-15/h2-3,6H,1,4-5,7H2,(H,13,16). The minimum absolute atomic E-state index is 0.0379. The first-order valence-electron chi connectivity index (χ1n) is 5.34. The lowest BCUT2D eigenvalue weighted by Crippen LogP contribution is -2.37. The molecule has 2 heterocycles. The number of carbonyl (C=O) groups excluding carboxylic acids is 2. The molecule has 0 atom stereocenters. The maximum Gasteiger partial charge on any atom is 0.255 e. The maximum absolute atomic E-state index is 12.6. The van der Waals surface area contributed by atoms with Crippen molar-refractivity contribution < 1.29 is 14.0 Å². The summed E-state index contributed by atoms with van der Waals surface area (Å²) in [6, 6.07) is 2.50. The van der Waals surface area contributed by atoms with Gasteiger partial charge < -0.3 is 10.2 Å². The van der Waals surface area contributed by atoms with Gasteiger partial charge in [-0.05, 0) is 18.6 Å². The zero-order chi connectivity index (χ0) is 12.3. The van der Waals surface area contributed by atoms with Gasteiger partial charge in [0, 0.05) is 19.3 Å². The highest BCUT2D eigenvalue weighted by Gasteiger charge is 2.20. The third kappa shape index (κ3) is 2.77. The average Bonchev–Trinajstić information content (AvgIpc) is 2.54. The Morgan fingerprint density at radius 2 is 2.29 bits per heavy atom. The van der Waals surface area contributed by atoms with E-state index in [9.17, 15) is 14.0 Å². The number of aromatic nitrogens is 1. The highest BCUT2D eigenvalue weighted by molar-refractivity contribution is 5.96. The number of carbonyl (C=O) groups is 2. The van der Waals surface area contributed by atoms with Gasteiger partial charge in [0.15, 0.2) is 0 Å². The predicted octanol–water partition coefficient (Wildman–Crippen LogP) is 0.183. The average molecular weight is 237 g/mol. The van der Waals surface area contributed by atoms with Gasteiger partial charge >= 0.3 is 0 Å². The Morgan fingerprint density at radius 3 is 3.00 bits per heavy atom. The van der Waals surface area contributed by atoms with Crippen molar-refractivity contribution in [3.05, 3.63) is 29.8 Å². The second-order valence-corrected chi connectivity index (χ2v) is 3.80. The molecule has 0 radical (unpaired) electrons. The molecule has 1 aromatic heterocycles. The molecule has 1 N–H and O–H groups in total. The maximum atomic E-state index is 12.6. The quantitative estimate of drug-likeness (QED) is 0.709. The van der Waals surface area contributed by atoms with Gasteiger partial charge in [0.1, 0.15) is 0 Å². The molecule has 1 saturated heterocycles. The van der Waals surface area contributed by atoms with Crippen molar-refractivity contribution in [1.82, 2.24) is 15.2 Å². The van der Waals surface area contributed by atoms with E-state index in [1.165, 1.54) is 17.2 Å². The number of amides is 2. The Bertz CT molecular complexity index is 433. The summed E-state index contributed by atoms with van der Waals surface area (Å²) in [5, 5.41) is 2.68. The molecule has 2 amide bonds. The molecule has 1 fully saturated rings. The summed E-state index contributed by atoms with van der Waals surface area (Å²) in [5.41, 5.74) is 0.293. The summed E-state index contributed by atoms with van der Waals surface area (Å²) < 4.78 is 12.6. The van der Waals surface area contributed by atoms with Crippen molar-refractivity contribution in [2.45, 2.75) is 6.42 Å². The Labute approximate surface area is 97.6 Å². The molecule has 0 aromatic carbocycles. The summed E-state index contributed by atoms with van der Waals surface area (Å²) in [4.78, 5) is 28.2. The van der Waals surface area contributed by atoms with Crippen LogP contribution >= 0.6 is 0 Å². The topological polar surface area (TPSA) is 62.3 Å². The van der Waals surface area contributed by atoms with Gasteiger partial charge in [-0.15, -0.1) is 0 Å². The largest absolute Gasteiger partial charge is 0.354 e. The van der Waals surface area contributed by atoms with Crippen molar-refractivity contribution >= 4 is 11.8 Å². The van der Waals surface area contributed by atoms with E-state index >= 15 is 0 Å². The van der Waals surface area contributed by atoms with Crippen molar-refractivity contribution in [2.75, 3.05) is 19.6 Å². The highest BCUT2D eigenvalue weighted by atomic mass is 19.1. The van der Waals surface area contributed by atoms with Gasteiger partial charge in [0.05, 0.1) is 12.1 Å². The van der Waals surface area contributed by atoms with Gasteiger partial charge in [-0.2, -0.15) is 4.39 Å². The minimum atomic E-state index is -0.629. The second kappa shape index (κ2) is 4.90. The Kier molecular flexibility index (Phi) is 3.32. The first-order valence-corrected chi connectivity index (χ1v) is 5.34. The Morgan fingerprint density at radius 1 is 1.47 bits per heavy atom. The molecule has 0 saturated carbocycles. The molecule has 1 aliphatic rings. The van der Waals surface area contributed by atoms with Crippen molar-refractivity contribution in [2.24, 2.45) is 0 Å². The molecule has 0 bridgehead atoms. The number of rotatable bonds is 1. The minimum Gasteiger partial charge on any atom is -0.354 e. The fourth-order valence-electron chi connectivity index (χ4n) is 1.66. The number of hydrogen-bond donors (Lipinski definition) is 1. The Balaban J connectivity index is 2.13. The zero-order valence-corrected chi connectivity index (χ0v) is 9.15. The van der Waals surface area contributed by atoms with Crippen LogP contribution in [0.25, 0.3) is 0 Å². The normalized spacial score (nSPS) is 16.3. The fourth-order valence-corrected chi connectivity index (χ4v) is 1.66. The molecule has 0 aliphatic carbocycles.